The van der Waals surface area contributed by atoms with E-state index < -0.39 is 11.8 Å². The Balaban J connectivity index is 3.34. The van der Waals surface area contributed by atoms with Gasteiger partial charge in [-0.2, -0.15) is 0 Å². The molecule has 0 fully saturated rings. The smallest absolute Gasteiger partial charge is 0.337 e. The van der Waals surface area contributed by atoms with Crippen molar-refractivity contribution in [2.45, 2.75) is 0 Å². The van der Waals surface area contributed by atoms with Crippen molar-refractivity contribution in [1.29, 1.82) is 0 Å². The van der Waals surface area contributed by atoms with Gasteiger partial charge in [-0.1, -0.05) is 0 Å². The lowest BCUT2D eigenvalue weighted by Gasteiger charge is -2.09. The maximum absolute atomic E-state index is 13.5. The first-order valence-corrected chi connectivity index (χ1v) is 5.20. The van der Waals surface area contributed by atoms with Crippen molar-refractivity contribution in [3.05, 3.63) is 27.1 Å². The van der Waals surface area contributed by atoms with Gasteiger partial charge in [-0.3, -0.25) is 0 Å². The molecular weight excluding hydrogens is 334 g/mol. The number of hydrogen-bond acceptors (Lipinski definition) is 2. The molecule has 0 unspecified atom stereocenters. The number of hydrogen-bond donors (Lipinski definition) is 3. The highest BCUT2D eigenvalue weighted by Gasteiger charge is 2.17. The summed E-state index contributed by atoms with van der Waals surface area (Å²) in [5, 5.41) is 10.9. The fourth-order valence-electron chi connectivity index (χ4n) is 0.974. The minimum absolute atomic E-state index is 0.182. The topological polar surface area (TPSA) is 75.3 Å². The molecule has 7 heteroatoms. The van der Waals surface area contributed by atoms with E-state index in [9.17, 15) is 9.18 Å². The first-order chi connectivity index (χ1) is 6.93. The van der Waals surface area contributed by atoms with Crippen LogP contribution in [-0.4, -0.2) is 16.2 Å². The molecule has 80 valence electrons. The van der Waals surface area contributed by atoms with E-state index in [0.717, 1.165) is 0 Å². The zero-order valence-electron chi connectivity index (χ0n) is 7.25. The van der Waals surface area contributed by atoms with Gasteiger partial charge in [0.2, 0.25) is 0 Å². The molecule has 15 heavy (non-hydrogen) atoms. The molecule has 0 heterocycles. The third-order valence-electron chi connectivity index (χ3n) is 1.57. The van der Waals surface area contributed by atoms with Gasteiger partial charge in [0, 0.05) is 0 Å². The average molecular weight is 340 g/mol. The Kier molecular flexibility index (Phi) is 3.80. The van der Waals surface area contributed by atoms with Gasteiger partial charge in [0.25, 0.3) is 0 Å². The van der Waals surface area contributed by atoms with Gasteiger partial charge < -0.3 is 16.2 Å². The van der Waals surface area contributed by atoms with Crippen molar-refractivity contribution in [1.82, 2.24) is 0 Å². The zero-order chi connectivity index (χ0) is 11.6. The Morgan fingerprint density at radius 2 is 2.20 bits per heavy atom. The van der Waals surface area contributed by atoms with E-state index in [0.29, 0.717) is 0 Å². The van der Waals surface area contributed by atoms with Crippen LogP contribution in [0.1, 0.15) is 10.4 Å². The molecule has 1 rings (SSSR count). The summed E-state index contributed by atoms with van der Waals surface area (Å²) in [6.07, 6.45) is 0. The summed E-state index contributed by atoms with van der Waals surface area (Å²) in [7, 11) is 0. The van der Waals surface area contributed by atoms with Gasteiger partial charge in [0.15, 0.2) is 10.9 Å². The standard InChI is InChI=1S/C8H6FIN2O2S/c9-5-4(10)2-1-3(7(13)14)6(5)12-8(11)15/h1-2H,(H,13,14)(H3,11,12,15). The second kappa shape index (κ2) is 4.71. The molecule has 0 aliphatic heterocycles. The van der Waals surface area contributed by atoms with Crippen LogP contribution < -0.4 is 11.1 Å². The highest BCUT2D eigenvalue weighted by molar-refractivity contribution is 14.1. The second-order valence-corrected chi connectivity index (χ2v) is 4.18. The number of carboxylic acids is 1. The predicted octanol–water partition coefficient (Wildman–Crippen LogP) is 1.78. The van der Waals surface area contributed by atoms with Crippen LogP contribution in [-0.2, 0) is 0 Å². The number of benzene rings is 1. The Bertz CT molecular complexity index is 439. The Morgan fingerprint density at radius 3 is 2.67 bits per heavy atom. The van der Waals surface area contributed by atoms with E-state index in [1.165, 1.54) is 12.1 Å². The lowest BCUT2D eigenvalue weighted by atomic mass is 10.1. The van der Waals surface area contributed by atoms with Crippen molar-refractivity contribution in [3.63, 3.8) is 0 Å². The van der Waals surface area contributed by atoms with E-state index >= 15 is 0 Å². The van der Waals surface area contributed by atoms with Gasteiger partial charge in [-0.05, 0) is 46.9 Å². The molecule has 0 spiro atoms. The van der Waals surface area contributed by atoms with Crippen LogP contribution in [0.5, 0.6) is 0 Å². The lowest BCUT2D eigenvalue weighted by Crippen LogP contribution is -2.22. The van der Waals surface area contributed by atoms with E-state index in [-0.39, 0.29) is 19.9 Å². The number of nitrogens with two attached hydrogens (primary N) is 1. The molecule has 0 aromatic heterocycles. The highest BCUT2D eigenvalue weighted by atomic mass is 127. The van der Waals surface area contributed by atoms with Crippen molar-refractivity contribution in [2.75, 3.05) is 5.32 Å². The predicted molar refractivity (Wildman–Crippen MR) is 66.5 cm³/mol. The molecular formula is C8H6FIN2O2S. The molecule has 1 aromatic rings. The summed E-state index contributed by atoms with van der Waals surface area (Å²) in [4.78, 5) is 10.8. The fraction of sp³-hybridized carbons (Fsp3) is 0. The Morgan fingerprint density at radius 1 is 1.60 bits per heavy atom. The number of carbonyl (C=O) groups is 1. The lowest BCUT2D eigenvalue weighted by molar-refractivity contribution is 0.0697. The molecule has 0 bridgehead atoms. The monoisotopic (exact) mass is 340 g/mol. The highest BCUT2D eigenvalue weighted by Crippen LogP contribution is 2.24. The second-order valence-electron chi connectivity index (χ2n) is 2.58. The number of nitrogens with one attached hydrogen (secondary N) is 1. The first-order valence-electron chi connectivity index (χ1n) is 3.71. The van der Waals surface area contributed by atoms with E-state index in [1.807, 2.05) is 0 Å². The summed E-state index contributed by atoms with van der Waals surface area (Å²) < 4.78 is 13.8. The molecule has 0 aliphatic rings. The quantitative estimate of drug-likeness (QED) is 0.565. The zero-order valence-corrected chi connectivity index (χ0v) is 10.2. The van der Waals surface area contributed by atoms with Crippen LogP contribution >= 0.6 is 34.8 Å². The molecule has 1 aromatic carbocycles. The van der Waals surface area contributed by atoms with Crippen LogP contribution in [0.2, 0.25) is 0 Å². The minimum Gasteiger partial charge on any atom is -0.478 e. The van der Waals surface area contributed by atoms with Gasteiger partial charge in [-0.25, -0.2) is 9.18 Å². The SMILES string of the molecule is NC(=S)Nc1c(C(=O)O)ccc(I)c1F. The summed E-state index contributed by atoms with van der Waals surface area (Å²) in [5.74, 6) is -1.92. The number of rotatable bonds is 2. The molecule has 4 N–H and O–H groups in total. The summed E-state index contributed by atoms with van der Waals surface area (Å²) in [6.45, 7) is 0. The van der Waals surface area contributed by atoms with Crippen LogP contribution in [0.25, 0.3) is 0 Å². The van der Waals surface area contributed by atoms with E-state index in [1.54, 1.807) is 22.6 Å². The summed E-state index contributed by atoms with van der Waals surface area (Å²) >= 11 is 6.28. The Hall–Kier alpha value is -0.960. The number of carboxylic acid groups (broad SMARTS) is 1. The molecule has 0 aliphatic carbocycles. The van der Waals surface area contributed by atoms with E-state index in [2.05, 4.69) is 17.5 Å². The van der Waals surface area contributed by atoms with Gasteiger partial charge in [-0.15, -0.1) is 0 Å². The maximum atomic E-state index is 13.5. The van der Waals surface area contributed by atoms with Crippen LogP contribution in [0.3, 0.4) is 0 Å². The number of aromatic carboxylic acids is 1. The van der Waals surface area contributed by atoms with Gasteiger partial charge in [0.05, 0.1) is 14.8 Å². The molecule has 0 radical (unpaired) electrons. The van der Waals surface area contributed by atoms with Gasteiger partial charge in [0.1, 0.15) is 0 Å². The third kappa shape index (κ3) is 2.75. The third-order valence-corrected chi connectivity index (χ3v) is 2.51. The van der Waals surface area contributed by atoms with Crippen molar-refractivity contribution >= 4 is 51.6 Å². The molecule has 4 nitrogen and oxygen atoms in total. The summed E-state index contributed by atoms with van der Waals surface area (Å²) in [6, 6.07) is 2.65. The van der Waals surface area contributed by atoms with Crippen molar-refractivity contribution in [3.8, 4) is 0 Å². The van der Waals surface area contributed by atoms with Gasteiger partial charge >= 0.3 is 5.97 Å². The van der Waals surface area contributed by atoms with Crippen molar-refractivity contribution in [2.24, 2.45) is 5.73 Å². The number of thiocarbonyl (C=S) groups is 1. The minimum atomic E-state index is -1.25. The fourth-order valence-corrected chi connectivity index (χ4v) is 1.53. The van der Waals surface area contributed by atoms with Crippen LogP contribution in [0.4, 0.5) is 10.1 Å². The average Bonchev–Trinajstić information content (AvgIpc) is 2.12. The number of halogens is 2. The largest absolute Gasteiger partial charge is 0.478 e. The van der Waals surface area contributed by atoms with Crippen LogP contribution in [0.15, 0.2) is 12.1 Å². The molecule has 0 saturated heterocycles. The summed E-state index contributed by atoms with van der Waals surface area (Å²) in [5.41, 5.74) is 4.76. The number of anilines is 1. The first kappa shape index (κ1) is 12.1. The van der Waals surface area contributed by atoms with Crippen molar-refractivity contribution < 1.29 is 14.3 Å². The molecule has 0 saturated carbocycles. The van der Waals surface area contributed by atoms with E-state index in [4.69, 9.17) is 10.8 Å². The van der Waals surface area contributed by atoms with Crippen LogP contribution in [0, 0.1) is 9.39 Å². The molecule has 0 atom stereocenters. The Labute approximate surface area is 104 Å². The normalized spacial score (nSPS) is 9.73. The molecule has 0 amide bonds. The maximum Gasteiger partial charge on any atom is 0.337 e.